The summed E-state index contributed by atoms with van der Waals surface area (Å²) in [5, 5.41) is 2.81. The number of hydrogen-bond acceptors (Lipinski definition) is 4. The molecule has 6 nitrogen and oxygen atoms in total. The molecule has 1 aliphatic heterocycles. The van der Waals surface area contributed by atoms with Crippen molar-refractivity contribution in [2.24, 2.45) is 0 Å². The van der Waals surface area contributed by atoms with Gasteiger partial charge in [-0.05, 0) is 62.1 Å². The molecular weight excluding hydrogens is 376 g/mol. The lowest BCUT2D eigenvalue weighted by Crippen LogP contribution is -2.42. The first-order valence-electron chi connectivity index (χ1n) is 9.40. The van der Waals surface area contributed by atoms with Crippen LogP contribution in [0.2, 0.25) is 0 Å². The molecule has 0 spiro atoms. The number of rotatable bonds is 7. The molecule has 0 aromatic heterocycles. The summed E-state index contributed by atoms with van der Waals surface area (Å²) in [5.74, 6) is -0.353. The summed E-state index contributed by atoms with van der Waals surface area (Å²) in [7, 11) is -3.88. The first kappa shape index (κ1) is 20.4. The summed E-state index contributed by atoms with van der Waals surface area (Å²) in [5.41, 5.74) is 2.35. The van der Waals surface area contributed by atoms with Crippen LogP contribution in [0, 0.1) is 13.8 Å². The van der Waals surface area contributed by atoms with Crippen molar-refractivity contribution in [2.45, 2.75) is 37.7 Å². The molecule has 2 aromatic rings. The maximum atomic E-state index is 13.3. The quantitative estimate of drug-likeness (QED) is 0.773. The third-order valence-corrected chi connectivity index (χ3v) is 6.45. The van der Waals surface area contributed by atoms with Crippen LogP contribution in [0.3, 0.4) is 0 Å². The van der Waals surface area contributed by atoms with E-state index in [1.54, 1.807) is 30.3 Å². The number of carbonyl (C=O) groups is 1. The number of carbonyl (C=O) groups excluding carboxylic acids is 1. The largest absolute Gasteiger partial charge is 0.376 e. The van der Waals surface area contributed by atoms with E-state index >= 15 is 0 Å². The molecule has 1 N–H and O–H groups in total. The average Bonchev–Trinajstić information content (AvgIpc) is 3.18. The van der Waals surface area contributed by atoms with E-state index in [1.165, 1.54) is 16.4 Å². The van der Waals surface area contributed by atoms with E-state index in [9.17, 15) is 13.2 Å². The number of anilines is 1. The lowest BCUT2D eigenvalue weighted by molar-refractivity contribution is -0.120. The molecule has 0 aliphatic carbocycles. The van der Waals surface area contributed by atoms with Gasteiger partial charge >= 0.3 is 0 Å². The Morgan fingerprint density at radius 3 is 2.43 bits per heavy atom. The summed E-state index contributed by atoms with van der Waals surface area (Å²) in [6.07, 6.45) is 1.89. The number of nitrogens with zero attached hydrogens (tertiary/aromatic N) is 1. The molecular formula is C21H26N2O4S. The fourth-order valence-electron chi connectivity index (χ4n) is 3.35. The maximum Gasteiger partial charge on any atom is 0.264 e. The Morgan fingerprint density at radius 2 is 1.82 bits per heavy atom. The van der Waals surface area contributed by atoms with Gasteiger partial charge in [0.05, 0.1) is 16.7 Å². The highest BCUT2D eigenvalue weighted by Crippen LogP contribution is 2.25. The van der Waals surface area contributed by atoms with Gasteiger partial charge in [-0.1, -0.05) is 24.3 Å². The smallest absolute Gasteiger partial charge is 0.264 e. The van der Waals surface area contributed by atoms with Gasteiger partial charge in [0.2, 0.25) is 5.91 Å². The highest BCUT2D eigenvalue weighted by Gasteiger charge is 2.28. The summed E-state index contributed by atoms with van der Waals surface area (Å²) in [6.45, 7) is 4.62. The Morgan fingerprint density at radius 1 is 1.14 bits per heavy atom. The highest BCUT2D eigenvalue weighted by molar-refractivity contribution is 7.92. The topological polar surface area (TPSA) is 75.7 Å². The molecule has 1 aliphatic rings. The molecule has 1 fully saturated rings. The van der Waals surface area contributed by atoms with Crippen molar-refractivity contribution in [1.29, 1.82) is 0 Å². The van der Waals surface area contributed by atoms with Gasteiger partial charge in [-0.2, -0.15) is 0 Å². The molecule has 0 saturated carbocycles. The monoisotopic (exact) mass is 402 g/mol. The maximum absolute atomic E-state index is 13.3. The van der Waals surface area contributed by atoms with Crippen LogP contribution < -0.4 is 9.62 Å². The van der Waals surface area contributed by atoms with Crippen molar-refractivity contribution < 1.29 is 17.9 Å². The van der Waals surface area contributed by atoms with Crippen LogP contribution in [0.5, 0.6) is 0 Å². The zero-order valence-electron chi connectivity index (χ0n) is 16.2. The van der Waals surface area contributed by atoms with E-state index in [0.29, 0.717) is 18.8 Å². The van der Waals surface area contributed by atoms with Gasteiger partial charge in [0.1, 0.15) is 6.54 Å². The van der Waals surface area contributed by atoms with Gasteiger partial charge in [0, 0.05) is 13.2 Å². The number of benzene rings is 2. The molecule has 0 unspecified atom stereocenters. The lowest BCUT2D eigenvalue weighted by Gasteiger charge is -2.25. The number of hydrogen-bond donors (Lipinski definition) is 1. The highest BCUT2D eigenvalue weighted by atomic mass is 32.2. The van der Waals surface area contributed by atoms with Gasteiger partial charge in [0.15, 0.2) is 0 Å². The van der Waals surface area contributed by atoms with Crippen LogP contribution in [0.25, 0.3) is 0 Å². The second-order valence-electron chi connectivity index (χ2n) is 7.11. The molecule has 0 radical (unpaired) electrons. The van der Waals surface area contributed by atoms with Gasteiger partial charge in [0.25, 0.3) is 10.0 Å². The number of aryl methyl sites for hydroxylation is 2. The Balaban J connectivity index is 1.87. The van der Waals surface area contributed by atoms with Gasteiger partial charge < -0.3 is 10.1 Å². The molecule has 150 valence electrons. The first-order chi connectivity index (χ1) is 13.4. The second-order valence-corrected chi connectivity index (χ2v) is 8.97. The Labute approximate surface area is 166 Å². The molecule has 1 atom stereocenters. The van der Waals surface area contributed by atoms with Crippen LogP contribution in [-0.4, -0.2) is 40.1 Å². The van der Waals surface area contributed by atoms with E-state index < -0.39 is 10.0 Å². The number of ether oxygens (including phenoxy) is 1. The number of sulfonamides is 1. The zero-order chi connectivity index (χ0) is 20.1. The molecule has 1 heterocycles. The minimum absolute atomic E-state index is 0.00402. The van der Waals surface area contributed by atoms with E-state index in [0.717, 1.165) is 24.0 Å². The van der Waals surface area contributed by atoms with Crippen molar-refractivity contribution in [3.8, 4) is 0 Å². The Kier molecular flexibility index (Phi) is 6.36. The van der Waals surface area contributed by atoms with Crippen LogP contribution >= 0.6 is 0 Å². The van der Waals surface area contributed by atoms with Crippen LogP contribution in [-0.2, 0) is 19.6 Å². The molecule has 28 heavy (non-hydrogen) atoms. The summed E-state index contributed by atoms with van der Waals surface area (Å²) in [4.78, 5) is 12.7. The van der Waals surface area contributed by atoms with Crippen LogP contribution in [0.1, 0.15) is 24.0 Å². The minimum atomic E-state index is -3.88. The summed E-state index contributed by atoms with van der Waals surface area (Å²) in [6, 6.07) is 13.7. The molecule has 7 heteroatoms. The van der Waals surface area contributed by atoms with E-state index in [4.69, 9.17) is 4.74 Å². The van der Waals surface area contributed by atoms with Crippen molar-refractivity contribution in [2.75, 3.05) is 24.0 Å². The molecule has 1 amide bonds. The molecule has 3 rings (SSSR count). The first-order valence-corrected chi connectivity index (χ1v) is 10.8. The Bertz CT molecular complexity index is 902. The fourth-order valence-corrected chi connectivity index (χ4v) is 4.77. The van der Waals surface area contributed by atoms with Gasteiger partial charge in [-0.15, -0.1) is 0 Å². The zero-order valence-corrected chi connectivity index (χ0v) is 17.0. The molecule has 0 bridgehead atoms. The van der Waals surface area contributed by atoms with Gasteiger partial charge in [-0.3, -0.25) is 9.10 Å². The summed E-state index contributed by atoms with van der Waals surface area (Å²) >= 11 is 0. The third-order valence-electron chi connectivity index (χ3n) is 4.66. The van der Waals surface area contributed by atoms with Crippen molar-refractivity contribution >= 4 is 21.6 Å². The standard InChI is InChI=1S/C21H26N2O4S/c1-16-11-17(2)13-18(12-16)23(28(25,26)20-8-4-3-5-9-20)15-21(24)22-14-19-7-6-10-27-19/h3-5,8-9,11-13,19H,6-7,10,14-15H2,1-2H3,(H,22,24)/t19-/m1/s1. The molecule has 1 saturated heterocycles. The SMILES string of the molecule is Cc1cc(C)cc(N(CC(=O)NC[C@H]2CCCO2)S(=O)(=O)c2ccccc2)c1. The second kappa shape index (κ2) is 8.75. The lowest BCUT2D eigenvalue weighted by atomic mass is 10.1. The van der Waals surface area contributed by atoms with Crippen molar-refractivity contribution in [3.05, 3.63) is 59.7 Å². The Hall–Kier alpha value is -2.38. The van der Waals surface area contributed by atoms with Crippen molar-refractivity contribution in [3.63, 3.8) is 0 Å². The average molecular weight is 403 g/mol. The van der Waals surface area contributed by atoms with E-state index in [1.807, 2.05) is 19.9 Å². The normalized spacial score (nSPS) is 16.7. The summed E-state index contributed by atoms with van der Waals surface area (Å²) < 4.78 is 33.2. The van der Waals surface area contributed by atoms with Crippen LogP contribution in [0.4, 0.5) is 5.69 Å². The predicted molar refractivity (Wildman–Crippen MR) is 109 cm³/mol. The minimum Gasteiger partial charge on any atom is -0.376 e. The molecule has 2 aromatic carbocycles. The van der Waals surface area contributed by atoms with Crippen molar-refractivity contribution in [1.82, 2.24) is 5.32 Å². The van der Waals surface area contributed by atoms with Crippen LogP contribution in [0.15, 0.2) is 53.4 Å². The number of nitrogens with one attached hydrogen (secondary N) is 1. The predicted octanol–water partition coefficient (Wildman–Crippen LogP) is 2.79. The van der Waals surface area contributed by atoms with E-state index in [2.05, 4.69) is 5.32 Å². The van der Waals surface area contributed by atoms with E-state index in [-0.39, 0.29) is 23.5 Å². The van der Waals surface area contributed by atoms with Gasteiger partial charge in [-0.25, -0.2) is 8.42 Å². The third kappa shape index (κ3) is 4.91. The number of amides is 1. The fraction of sp³-hybridized carbons (Fsp3) is 0.381.